The highest BCUT2D eigenvalue weighted by Crippen LogP contribution is 2.35. The van der Waals surface area contributed by atoms with Gasteiger partial charge in [-0.1, -0.05) is 0 Å². The van der Waals surface area contributed by atoms with Crippen molar-refractivity contribution in [3.63, 3.8) is 0 Å². The molecule has 1 amide bonds. The standard InChI is InChI=1S/C19H28FN3O4/c1-13-19(11-25-12-19)26-7-6-23(13)15-8-14(9-21-16(15)20)10-22(5)17(24)27-18(2,3)4/h8-9,13H,6-7,10-12H2,1-5H3. The van der Waals surface area contributed by atoms with Crippen LogP contribution in [0.15, 0.2) is 12.3 Å². The average molecular weight is 381 g/mol. The van der Waals surface area contributed by atoms with Crippen molar-refractivity contribution >= 4 is 11.8 Å². The Labute approximate surface area is 159 Å². The minimum atomic E-state index is -0.569. The van der Waals surface area contributed by atoms with E-state index in [1.807, 2.05) is 32.6 Å². The Morgan fingerprint density at radius 1 is 1.48 bits per heavy atom. The molecule has 0 N–H and O–H groups in total. The molecule has 2 fully saturated rings. The number of carbonyl (C=O) groups excluding carboxylic acids is 1. The molecule has 1 unspecified atom stereocenters. The zero-order chi connectivity index (χ0) is 19.8. The summed E-state index contributed by atoms with van der Waals surface area (Å²) in [4.78, 5) is 19.5. The average Bonchev–Trinajstić information content (AvgIpc) is 2.54. The Hall–Kier alpha value is -1.93. The fraction of sp³-hybridized carbons (Fsp3) is 0.684. The summed E-state index contributed by atoms with van der Waals surface area (Å²) in [6.45, 7) is 9.86. The van der Waals surface area contributed by atoms with Crippen LogP contribution in [0.3, 0.4) is 0 Å². The lowest BCUT2D eigenvalue weighted by Gasteiger charge is -2.53. The maximum absolute atomic E-state index is 14.5. The normalized spacial score (nSPS) is 21.7. The Balaban J connectivity index is 1.75. The van der Waals surface area contributed by atoms with Crippen molar-refractivity contribution in [2.45, 2.75) is 51.5 Å². The Morgan fingerprint density at radius 2 is 2.19 bits per heavy atom. The van der Waals surface area contributed by atoms with Gasteiger partial charge in [-0.15, -0.1) is 0 Å². The Bertz CT molecular complexity index is 703. The van der Waals surface area contributed by atoms with Gasteiger partial charge in [0, 0.05) is 19.8 Å². The van der Waals surface area contributed by atoms with Gasteiger partial charge in [0.15, 0.2) is 0 Å². The highest BCUT2D eigenvalue weighted by atomic mass is 19.1. The molecule has 0 bridgehead atoms. The topological polar surface area (TPSA) is 64.1 Å². The number of rotatable bonds is 3. The Kier molecular flexibility index (Phi) is 5.31. The van der Waals surface area contributed by atoms with E-state index in [0.717, 1.165) is 5.56 Å². The summed E-state index contributed by atoms with van der Waals surface area (Å²) in [6.07, 6.45) is 1.02. The number of nitrogens with zero attached hydrogens (tertiary/aromatic N) is 3. The molecule has 0 aromatic carbocycles. The molecule has 3 rings (SSSR count). The molecule has 0 saturated carbocycles. The molecule has 0 aliphatic carbocycles. The van der Waals surface area contributed by atoms with Crippen molar-refractivity contribution in [3.05, 3.63) is 23.8 Å². The summed E-state index contributed by atoms with van der Waals surface area (Å²) in [5.74, 6) is -0.525. The van der Waals surface area contributed by atoms with Crippen molar-refractivity contribution in [3.8, 4) is 0 Å². The van der Waals surface area contributed by atoms with Crippen LogP contribution in [0.5, 0.6) is 0 Å². The van der Waals surface area contributed by atoms with Gasteiger partial charge in [-0.2, -0.15) is 4.39 Å². The molecule has 150 valence electrons. The predicted octanol–water partition coefficient (Wildman–Crippen LogP) is 2.58. The first-order chi connectivity index (χ1) is 12.6. The number of hydrogen-bond donors (Lipinski definition) is 0. The van der Waals surface area contributed by atoms with Crippen LogP contribution in [0.1, 0.15) is 33.3 Å². The van der Waals surface area contributed by atoms with Crippen molar-refractivity contribution in [2.75, 3.05) is 38.3 Å². The number of halogens is 1. The highest BCUT2D eigenvalue weighted by molar-refractivity contribution is 5.67. The summed E-state index contributed by atoms with van der Waals surface area (Å²) in [5, 5.41) is 0. The van der Waals surface area contributed by atoms with E-state index in [1.165, 1.54) is 11.1 Å². The number of anilines is 1. The second-order valence-electron chi connectivity index (χ2n) is 8.27. The van der Waals surface area contributed by atoms with Crippen LogP contribution in [0.4, 0.5) is 14.9 Å². The van der Waals surface area contributed by atoms with Crippen LogP contribution in [-0.4, -0.2) is 66.6 Å². The summed E-state index contributed by atoms with van der Waals surface area (Å²) in [7, 11) is 1.65. The molecule has 7 nitrogen and oxygen atoms in total. The lowest BCUT2D eigenvalue weighted by molar-refractivity contribution is -0.228. The lowest BCUT2D eigenvalue weighted by atomic mass is 9.90. The molecule has 3 heterocycles. The monoisotopic (exact) mass is 381 g/mol. The SMILES string of the molecule is CC1N(c2cc(CN(C)C(=O)OC(C)(C)C)cnc2F)CCOC12COC2. The number of ether oxygens (including phenoxy) is 3. The molecule has 0 radical (unpaired) electrons. The number of aromatic nitrogens is 1. The molecule has 2 aliphatic rings. The van der Waals surface area contributed by atoms with E-state index < -0.39 is 17.6 Å². The molecule has 8 heteroatoms. The summed E-state index contributed by atoms with van der Waals surface area (Å²) >= 11 is 0. The summed E-state index contributed by atoms with van der Waals surface area (Å²) in [6, 6.07) is 1.72. The van der Waals surface area contributed by atoms with Gasteiger partial charge in [-0.25, -0.2) is 9.78 Å². The highest BCUT2D eigenvalue weighted by Gasteiger charge is 2.50. The fourth-order valence-corrected chi connectivity index (χ4v) is 3.35. The zero-order valence-electron chi connectivity index (χ0n) is 16.6. The van der Waals surface area contributed by atoms with Crippen LogP contribution in [-0.2, 0) is 20.8 Å². The molecule has 1 spiro atoms. The zero-order valence-corrected chi connectivity index (χ0v) is 16.6. The first-order valence-electron chi connectivity index (χ1n) is 9.18. The third kappa shape index (κ3) is 4.16. The minimum absolute atomic E-state index is 0.0323. The molecule has 27 heavy (non-hydrogen) atoms. The van der Waals surface area contributed by atoms with E-state index >= 15 is 0 Å². The summed E-state index contributed by atoms with van der Waals surface area (Å²) in [5.41, 5.74) is 0.207. The number of amides is 1. The Morgan fingerprint density at radius 3 is 2.78 bits per heavy atom. The van der Waals surface area contributed by atoms with Crippen molar-refractivity contribution in [1.82, 2.24) is 9.88 Å². The van der Waals surface area contributed by atoms with E-state index in [-0.39, 0.29) is 18.2 Å². The first kappa shape index (κ1) is 19.8. The van der Waals surface area contributed by atoms with Gasteiger partial charge in [0.05, 0.1) is 38.1 Å². The van der Waals surface area contributed by atoms with E-state index in [9.17, 15) is 9.18 Å². The molecular weight excluding hydrogens is 353 g/mol. The summed E-state index contributed by atoms with van der Waals surface area (Å²) < 4.78 is 31.1. The number of morpholine rings is 1. The van der Waals surface area contributed by atoms with Gasteiger partial charge in [-0.3, -0.25) is 0 Å². The first-order valence-corrected chi connectivity index (χ1v) is 9.18. The van der Waals surface area contributed by atoms with Crippen molar-refractivity contribution in [1.29, 1.82) is 0 Å². The van der Waals surface area contributed by atoms with E-state index in [1.54, 1.807) is 13.1 Å². The van der Waals surface area contributed by atoms with Crippen LogP contribution < -0.4 is 4.90 Å². The van der Waals surface area contributed by atoms with Crippen LogP contribution in [0.2, 0.25) is 0 Å². The van der Waals surface area contributed by atoms with Gasteiger partial charge in [0.25, 0.3) is 0 Å². The van der Waals surface area contributed by atoms with Crippen LogP contribution in [0.25, 0.3) is 0 Å². The number of carbonyl (C=O) groups is 1. The van der Waals surface area contributed by atoms with E-state index in [2.05, 4.69) is 4.98 Å². The fourth-order valence-electron chi connectivity index (χ4n) is 3.35. The maximum atomic E-state index is 14.5. The van der Waals surface area contributed by atoms with Crippen LogP contribution >= 0.6 is 0 Å². The van der Waals surface area contributed by atoms with Gasteiger partial charge < -0.3 is 24.0 Å². The van der Waals surface area contributed by atoms with E-state index in [4.69, 9.17) is 14.2 Å². The maximum Gasteiger partial charge on any atom is 0.410 e. The molecule has 2 aliphatic heterocycles. The van der Waals surface area contributed by atoms with Gasteiger partial charge in [0.1, 0.15) is 11.2 Å². The second kappa shape index (κ2) is 7.24. The molecule has 2 saturated heterocycles. The number of pyridine rings is 1. The lowest BCUT2D eigenvalue weighted by Crippen LogP contribution is -2.68. The quantitative estimate of drug-likeness (QED) is 0.750. The van der Waals surface area contributed by atoms with Crippen LogP contribution in [0, 0.1) is 5.95 Å². The van der Waals surface area contributed by atoms with Gasteiger partial charge in [0.2, 0.25) is 5.95 Å². The van der Waals surface area contributed by atoms with Gasteiger partial charge >= 0.3 is 6.09 Å². The van der Waals surface area contributed by atoms with Gasteiger partial charge in [-0.05, 0) is 39.3 Å². The van der Waals surface area contributed by atoms with Crippen molar-refractivity contribution < 1.29 is 23.4 Å². The van der Waals surface area contributed by atoms with E-state index in [0.29, 0.717) is 32.1 Å². The number of hydrogen-bond acceptors (Lipinski definition) is 6. The molecule has 1 aromatic rings. The molecule has 1 aromatic heterocycles. The third-order valence-corrected chi connectivity index (χ3v) is 4.95. The molecule has 1 atom stereocenters. The molecular formula is C19H28FN3O4. The smallest absolute Gasteiger partial charge is 0.410 e. The largest absolute Gasteiger partial charge is 0.444 e. The minimum Gasteiger partial charge on any atom is -0.444 e. The second-order valence-corrected chi connectivity index (χ2v) is 8.27. The van der Waals surface area contributed by atoms with Crippen molar-refractivity contribution in [2.24, 2.45) is 0 Å². The predicted molar refractivity (Wildman–Crippen MR) is 98.2 cm³/mol. The third-order valence-electron chi connectivity index (χ3n) is 4.95.